The number of carbonyl (C=O) groups is 1. The smallest absolute Gasteiger partial charge is 0.336 e. The molecule has 0 aliphatic heterocycles. The quantitative estimate of drug-likeness (QED) is 0.767. The van der Waals surface area contributed by atoms with Crippen molar-refractivity contribution in [3.63, 3.8) is 0 Å². The number of hydrogen-bond donors (Lipinski definition) is 2. The maximum atomic E-state index is 11.2. The lowest BCUT2D eigenvalue weighted by Gasteiger charge is -2.06. The molecule has 6 heteroatoms. The first-order chi connectivity index (χ1) is 10.1. The van der Waals surface area contributed by atoms with Crippen molar-refractivity contribution in [2.24, 2.45) is 7.05 Å². The molecule has 0 bridgehead atoms. The molecule has 0 saturated carbocycles. The predicted molar refractivity (Wildman–Crippen MR) is 79.2 cm³/mol. The molecule has 0 radical (unpaired) electrons. The average molecular weight is 282 g/mol. The molecule has 0 aliphatic rings. The Balaban J connectivity index is 1.86. The van der Waals surface area contributed by atoms with Crippen LogP contribution in [0.3, 0.4) is 0 Å². The second kappa shape index (κ2) is 5.24. The Morgan fingerprint density at radius 2 is 2.14 bits per heavy atom. The predicted octanol–water partition coefficient (Wildman–Crippen LogP) is 2.28. The van der Waals surface area contributed by atoms with Crippen molar-refractivity contribution >= 4 is 22.7 Å². The van der Waals surface area contributed by atoms with E-state index < -0.39 is 5.97 Å². The third kappa shape index (κ3) is 2.69. The Labute approximate surface area is 121 Å². The largest absolute Gasteiger partial charge is 0.478 e. The lowest BCUT2D eigenvalue weighted by Crippen LogP contribution is -2.03. The Morgan fingerprint density at radius 1 is 1.29 bits per heavy atom. The number of aromatic nitrogens is 3. The van der Waals surface area contributed by atoms with Crippen molar-refractivity contribution in [1.82, 2.24) is 14.8 Å². The normalized spacial score (nSPS) is 10.7. The number of aromatic carboxylic acids is 1. The summed E-state index contributed by atoms with van der Waals surface area (Å²) >= 11 is 0. The fourth-order valence-electron chi connectivity index (χ4n) is 2.18. The van der Waals surface area contributed by atoms with Gasteiger partial charge < -0.3 is 10.4 Å². The molecule has 2 N–H and O–H groups in total. The Kier molecular flexibility index (Phi) is 3.27. The first-order valence-corrected chi connectivity index (χ1v) is 6.49. The van der Waals surface area contributed by atoms with Gasteiger partial charge in [0.15, 0.2) is 0 Å². The van der Waals surface area contributed by atoms with Crippen molar-refractivity contribution < 1.29 is 9.90 Å². The maximum absolute atomic E-state index is 11.2. The molecule has 0 unspecified atom stereocenters. The van der Waals surface area contributed by atoms with Gasteiger partial charge in [0.05, 0.1) is 23.3 Å². The molecule has 0 aliphatic carbocycles. The molecule has 0 amide bonds. The van der Waals surface area contributed by atoms with Gasteiger partial charge in [-0.25, -0.2) is 9.78 Å². The zero-order valence-corrected chi connectivity index (χ0v) is 11.4. The van der Waals surface area contributed by atoms with Crippen LogP contribution in [0.4, 0.5) is 5.82 Å². The van der Waals surface area contributed by atoms with Gasteiger partial charge >= 0.3 is 5.97 Å². The van der Waals surface area contributed by atoms with Gasteiger partial charge in [0, 0.05) is 18.6 Å². The molecule has 1 aromatic carbocycles. The molecule has 3 rings (SSSR count). The molecular formula is C15H14N4O2. The summed E-state index contributed by atoms with van der Waals surface area (Å²) in [6.07, 6.45) is 1.88. The van der Waals surface area contributed by atoms with E-state index in [1.807, 2.05) is 19.3 Å². The van der Waals surface area contributed by atoms with Crippen LogP contribution in [-0.4, -0.2) is 25.8 Å². The second-order valence-corrected chi connectivity index (χ2v) is 4.71. The molecule has 0 saturated heterocycles. The Hall–Kier alpha value is -2.89. The average Bonchev–Trinajstić information content (AvgIpc) is 2.89. The van der Waals surface area contributed by atoms with Crippen LogP contribution in [0.1, 0.15) is 16.1 Å². The molecule has 3 aromatic rings. The van der Waals surface area contributed by atoms with E-state index in [2.05, 4.69) is 15.4 Å². The molecule has 106 valence electrons. The number of carboxylic acids is 1. The fourth-order valence-corrected chi connectivity index (χ4v) is 2.18. The Morgan fingerprint density at radius 3 is 2.86 bits per heavy atom. The van der Waals surface area contributed by atoms with Gasteiger partial charge in [0.1, 0.15) is 5.82 Å². The van der Waals surface area contributed by atoms with E-state index in [0.717, 1.165) is 5.69 Å². The molecule has 6 nitrogen and oxygen atoms in total. The number of aryl methyl sites for hydroxylation is 1. The van der Waals surface area contributed by atoms with E-state index in [9.17, 15) is 4.79 Å². The Bertz CT molecular complexity index is 810. The van der Waals surface area contributed by atoms with Crippen molar-refractivity contribution in [2.45, 2.75) is 6.54 Å². The highest BCUT2D eigenvalue weighted by Crippen LogP contribution is 2.19. The van der Waals surface area contributed by atoms with Crippen LogP contribution in [0.25, 0.3) is 10.9 Å². The van der Waals surface area contributed by atoms with E-state index in [1.165, 1.54) is 0 Å². The summed E-state index contributed by atoms with van der Waals surface area (Å²) in [6.45, 7) is 0.567. The monoisotopic (exact) mass is 282 g/mol. The van der Waals surface area contributed by atoms with Crippen LogP contribution >= 0.6 is 0 Å². The van der Waals surface area contributed by atoms with Gasteiger partial charge in [0.25, 0.3) is 0 Å². The second-order valence-electron chi connectivity index (χ2n) is 4.71. The number of fused-ring (bicyclic) bond motifs is 1. The van der Waals surface area contributed by atoms with Gasteiger partial charge in [-0.3, -0.25) is 4.68 Å². The third-order valence-electron chi connectivity index (χ3n) is 3.18. The number of benzene rings is 1. The number of rotatable bonds is 4. The van der Waals surface area contributed by atoms with Crippen LogP contribution in [0.15, 0.2) is 42.6 Å². The van der Waals surface area contributed by atoms with Gasteiger partial charge in [-0.1, -0.05) is 6.07 Å². The highest BCUT2D eigenvalue weighted by atomic mass is 16.4. The summed E-state index contributed by atoms with van der Waals surface area (Å²) in [5.41, 5.74) is 1.83. The number of hydrogen-bond acceptors (Lipinski definition) is 4. The van der Waals surface area contributed by atoms with Crippen molar-refractivity contribution in [3.05, 3.63) is 53.9 Å². The number of nitrogens with one attached hydrogen (secondary N) is 1. The first-order valence-electron chi connectivity index (χ1n) is 6.49. The zero-order chi connectivity index (χ0) is 14.8. The third-order valence-corrected chi connectivity index (χ3v) is 3.18. The molecular weight excluding hydrogens is 268 g/mol. The van der Waals surface area contributed by atoms with Crippen LogP contribution in [0.5, 0.6) is 0 Å². The van der Waals surface area contributed by atoms with Crippen LogP contribution in [0, 0.1) is 0 Å². The number of anilines is 1. The minimum Gasteiger partial charge on any atom is -0.478 e. The number of pyridine rings is 1. The summed E-state index contributed by atoms with van der Waals surface area (Å²) in [5.74, 6) is -0.257. The molecule has 0 fully saturated rings. The zero-order valence-electron chi connectivity index (χ0n) is 11.4. The van der Waals surface area contributed by atoms with Crippen molar-refractivity contribution in [1.29, 1.82) is 0 Å². The van der Waals surface area contributed by atoms with Gasteiger partial charge in [0.2, 0.25) is 0 Å². The fraction of sp³-hybridized carbons (Fsp3) is 0.133. The summed E-state index contributed by atoms with van der Waals surface area (Å²) in [4.78, 5) is 15.6. The summed E-state index contributed by atoms with van der Waals surface area (Å²) < 4.78 is 1.74. The van der Waals surface area contributed by atoms with Crippen LogP contribution < -0.4 is 5.32 Å². The molecule has 2 aromatic heterocycles. The van der Waals surface area contributed by atoms with E-state index in [4.69, 9.17) is 5.11 Å². The topological polar surface area (TPSA) is 80.0 Å². The standard InChI is InChI=1S/C15H14N4O2/c1-19-8-7-10(18-19)9-16-14-6-5-11-12(15(20)21)3-2-4-13(11)17-14/h2-8H,9H2,1H3,(H,16,17)(H,20,21). The van der Waals surface area contributed by atoms with E-state index >= 15 is 0 Å². The lowest BCUT2D eigenvalue weighted by atomic mass is 10.1. The highest BCUT2D eigenvalue weighted by Gasteiger charge is 2.09. The summed E-state index contributed by atoms with van der Waals surface area (Å²) in [5, 5.41) is 17.2. The van der Waals surface area contributed by atoms with Crippen LogP contribution in [-0.2, 0) is 13.6 Å². The molecule has 0 atom stereocenters. The van der Waals surface area contributed by atoms with E-state index in [1.54, 1.807) is 35.0 Å². The summed E-state index contributed by atoms with van der Waals surface area (Å²) in [6, 6.07) is 10.5. The van der Waals surface area contributed by atoms with Crippen LogP contribution in [0.2, 0.25) is 0 Å². The molecule has 0 spiro atoms. The van der Waals surface area contributed by atoms with Crippen molar-refractivity contribution in [3.8, 4) is 0 Å². The van der Waals surface area contributed by atoms with E-state index in [0.29, 0.717) is 23.3 Å². The van der Waals surface area contributed by atoms with E-state index in [-0.39, 0.29) is 5.56 Å². The highest BCUT2D eigenvalue weighted by molar-refractivity contribution is 6.02. The van der Waals surface area contributed by atoms with Gasteiger partial charge in [-0.2, -0.15) is 5.10 Å². The number of carboxylic acid groups (broad SMARTS) is 1. The number of nitrogens with zero attached hydrogens (tertiary/aromatic N) is 3. The van der Waals surface area contributed by atoms with Gasteiger partial charge in [-0.05, 0) is 30.3 Å². The molecule has 2 heterocycles. The summed E-state index contributed by atoms with van der Waals surface area (Å²) in [7, 11) is 1.87. The lowest BCUT2D eigenvalue weighted by molar-refractivity contribution is 0.0699. The van der Waals surface area contributed by atoms with Gasteiger partial charge in [-0.15, -0.1) is 0 Å². The molecule has 21 heavy (non-hydrogen) atoms. The minimum atomic E-state index is -0.948. The maximum Gasteiger partial charge on any atom is 0.336 e. The minimum absolute atomic E-state index is 0.260. The van der Waals surface area contributed by atoms with Crippen molar-refractivity contribution in [2.75, 3.05) is 5.32 Å². The SMILES string of the molecule is Cn1ccc(CNc2ccc3c(C(=O)O)cccc3n2)n1. The first kappa shape index (κ1) is 13.1.